The maximum absolute atomic E-state index is 10.8. The Hall–Kier alpha value is -1.29. The van der Waals surface area contributed by atoms with Crippen LogP contribution < -0.4 is 0 Å². The Bertz CT molecular complexity index is 400. The van der Waals surface area contributed by atoms with Crippen LogP contribution in [0.2, 0.25) is 0 Å². The largest absolute Gasteiger partial charge is 0.513 e. The minimum Gasteiger partial charge on any atom is -0.513 e. The van der Waals surface area contributed by atoms with Gasteiger partial charge in [0.25, 0.3) is 0 Å². The van der Waals surface area contributed by atoms with Crippen molar-refractivity contribution in [2.75, 3.05) is 0 Å². The van der Waals surface area contributed by atoms with Gasteiger partial charge in [-0.1, -0.05) is 44.8 Å². The summed E-state index contributed by atoms with van der Waals surface area (Å²) < 4.78 is 0. The van der Waals surface area contributed by atoms with Crippen molar-refractivity contribution in [1.82, 2.24) is 0 Å². The Morgan fingerprint density at radius 2 is 2.00 bits per heavy atom. The lowest BCUT2D eigenvalue weighted by molar-refractivity contribution is -0.234. The summed E-state index contributed by atoms with van der Waals surface area (Å²) in [5, 5.41) is 18.1. The van der Waals surface area contributed by atoms with Gasteiger partial charge in [0.2, 0.25) is 0 Å². The number of hydrogen-bond acceptors (Lipinski definition) is 4. The molecular formula is C20H34O4. The van der Waals surface area contributed by atoms with Gasteiger partial charge < -0.3 is 9.99 Å². The van der Waals surface area contributed by atoms with Crippen molar-refractivity contribution in [3.63, 3.8) is 0 Å². The van der Waals surface area contributed by atoms with Crippen LogP contribution in [0.5, 0.6) is 0 Å². The van der Waals surface area contributed by atoms with E-state index < -0.39 is 5.97 Å². The van der Waals surface area contributed by atoms with E-state index in [1.54, 1.807) is 0 Å². The smallest absolute Gasteiger partial charge is 0.342 e. The number of aliphatic hydroxyl groups excluding tert-OH is 1. The molecule has 0 spiro atoms. The number of unbranched alkanes of at least 4 members (excludes halogenated alkanes) is 4. The molecule has 24 heavy (non-hydrogen) atoms. The molecule has 0 radical (unpaired) electrons. The number of carbonyl (C=O) groups is 1. The summed E-state index contributed by atoms with van der Waals surface area (Å²) in [6.45, 7) is 2.24. The van der Waals surface area contributed by atoms with Gasteiger partial charge in [-0.3, -0.25) is 0 Å². The lowest BCUT2D eigenvalue weighted by atomic mass is 9.91. The average Bonchev–Trinajstić information content (AvgIpc) is 3.03. The monoisotopic (exact) mass is 338 g/mol. The number of aliphatic hydroxyl groups is 1. The fraction of sp³-hybridized carbons (Fsp3) is 0.750. The summed E-state index contributed by atoms with van der Waals surface area (Å²) in [4.78, 5) is 14.4. The maximum atomic E-state index is 10.8. The molecule has 0 bridgehead atoms. The van der Waals surface area contributed by atoms with Crippen LogP contribution in [0.1, 0.15) is 84.0 Å². The first kappa shape index (κ1) is 20.8. The van der Waals surface area contributed by atoms with E-state index in [0.717, 1.165) is 6.42 Å². The van der Waals surface area contributed by atoms with Crippen molar-refractivity contribution in [3.8, 4) is 0 Å². The molecule has 1 rings (SSSR count). The summed E-state index contributed by atoms with van der Waals surface area (Å²) in [7, 11) is 0. The van der Waals surface area contributed by atoms with E-state index in [1.807, 2.05) is 6.08 Å². The second kappa shape index (κ2) is 13.1. The van der Waals surface area contributed by atoms with E-state index in [2.05, 4.69) is 24.0 Å². The topological polar surface area (TPSA) is 66.8 Å². The van der Waals surface area contributed by atoms with Crippen LogP contribution >= 0.6 is 0 Å². The first-order chi connectivity index (χ1) is 11.7. The van der Waals surface area contributed by atoms with Crippen molar-refractivity contribution in [2.24, 2.45) is 11.8 Å². The summed E-state index contributed by atoms with van der Waals surface area (Å²) in [5.74, 6) is 0.962. The molecule has 0 heterocycles. The van der Waals surface area contributed by atoms with E-state index in [1.165, 1.54) is 51.4 Å². The predicted molar refractivity (Wildman–Crippen MR) is 96.6 cm³/mol. The second-order valence-electron chi connectivity index (χ2n) is 6.88. The Morgan fingerprint density at radius 3 is 2.75 bits per heavy atom. The molecule has 0 aromatic rings. The molecule has 1 fully saturated rings. The summed E-state index contributed by atoms with van der Waals surface area (Å²) in [5.41, 5.74) is 0. The van der Waals surface area contributed by atoms with Gasteiger partial charge in [-0.2, -0.15) is 5.26 Å². The summed E-state index contributed by atoms with van der Waals surface area (Å²) >= 11 is 0. The highest BCUT2D eigenvalue weighted by atomic mass is 17.1. The molecular weight excluding hydrogens is 304 g/mol. The van der Waals surface area contributed by atoms with E-state index in [0.29, 0.717) is 30.4 Å². The summed E-state index contributed by atoms with van der Waals surface area (Å²) in [6.07, 6.45) is 18.8. The quantitative estimate of drug-likeness (QED) is 0.152. The molecule has 4 nitrogen and oxygen atoms in total. The lowest BCUT2D eigenvalue weighted by Gasteiger charge is -2.14. The van der Waals surface area contributed by atoms with E-state index in [-0.39, 0.29) is 6.42 Å². The highest BCUT2D eigenvalue weighted by Gasteiger charge is 2.24. The van der Waals surface area contributed by atoms with Crippen molar-refractivity contribution >= 4 is 5.97 Å². The van der Waals surface area contributed by atoms with Crippen LogP contribution in [-0.4, -0.2) is 16.3 Å². The summed E-state index contributed by atoms with van der Waals surface area (Å²) in [6, 6.07) is 0. The first-order valence-electron chi connectivity index (χ1n) is 9.56. The molecule has 1 aliphatic carbocycles. The van der Waals surface area contributed by atoms with Crippen molar-refractivity contribution in [3.05, 3.63) is 24.0 Å². The SMILES string of the molecule is CCCCCCC=C[C@H]1CCC[C@@H]1CC=C(O)CCCC(=O)OO. The molecule has 1 aliphatic rings. The van der Waals surface area contributed by atoms with Gasteiger partial charge in [-0.25, -0.2) is 4.79 Å². The zero-order valence-corrected chi connectivity index (χ0v) is 15.1. The van der Waals surface area contributed by atoms with Crippen LogP contribution in [0.4, 0.5) is 0 Å². The normalized spacial score (nSPS) is 21.5. The molecule has 0 aromatic heterocycles. The van der Waals surface area contributed by atoms with Crippen LogP contribution in [0.15, 0.2) is 24.0 Å². The Balaban J connectivity index is 2.25. The standard InChI is InChI=1S/C20H34O4/c1-2-3-4-5-6-7-10-17-11-8-12-18(17)15-16-19(21)13-9-14-20(22)24-23/h7,10,16-18,21,23H,2-6,8-9,11-15H2,1H3/t17-,18+/m0/s1. The van der Waals surface area contributed by atoms with Crippen LogP contribution in [-0.2, 0) is 9.68 Å². The van der Waals surface area contributed by atoms with Gasteiger partial charge in [0.05, 0.1) is 5.76 Å². The zero-order chi connectivity index (χ0) is 17.6. The number of hydrogen-bond donors (Lipinski definition) is 2. The van der Waals surface area contributed by atoms with Crippen LogP contribution in [0.25, 0.3) is 0 Å². The van der Waals surface area contributed by atoms with Crippen molar-refractivity contribution in [2.45, 2.75) is 84.0 Å². The molecule has 2 atom stereocenters. The van der Waals surface area contributed by atoms with E-state index >= 15 is 0 Å². The lowest BCUT2D eigenvalue weighted by Crippen LogP contribution is -2.04. The third-order valence-corrected chi connectivity index (χ3v) is 4.90. The fourth-order valence-electron chi connectivity index (χ4n) is 3.42. The first-order valence-corrected chi connectivity index (χ1v) is 9.56. The molecule has 0 aliphatic heterocycles. The van der Waals surface area contributed by atoms with Crippen LogP contribution in [0, 0.1) is 11.8 Å². The maximum Gasteiger partial charge on any atom is 0.342 e. The van der Waals surface area contributed by atoms with Crippen molar-refractivity contribution in [1.29, 1.82) is 0 Å². The third kappa shape index (κ3) is 9.11. The average molecular weight is 338 g/mol. The molecule has 1 saturated carbocycles. The molecule has 0 aromatic carbocycles. The van der Waals surface area contributed by atoms with Crippen LogP contribution in [0.3, 0.4) is 0 Å². The second-order valence-corrected chi connectivity index (χ2v) is 6.88. The highest BCUT2D eigenvalue weighted by Crippen LogP contribution is 2.35. The number of allylic oxidation sites excluding steroid dienone is 4. The number of carbonyl (C=O) groups excluding carboxylic acids is 1. The third-order valence-electron chi connectivity index (χ3n) is 4.90. The van der Waals surface area contributed by atoms with E-state index in [9.17, 15) is 9.90 Å². The van der Waals surface area contributed by atoms with Gasteiger partial charge in [0.15, 0.2) is 0 Å². The van der Waals surface area contributed by atoms with Gasteiger partial charge in [0.1, 0.15) is 0 Å². The Kier molecular flexibility index (Phi) is 11.3. The fourth-order valence-corrected chi connectivity index (χ4v) is 3.42. The Morgan fingerprint density at radius 1 is 1.17 bits per heavy atom. The predicted octanol–water partition coefficient (Wildman–Crippen LogP) is 5.95. The molecule has 0 amide bonds. The van der Waals surface area contributed by atoms with Gasteiger partial charge in [-0.15, -0.1) is 0 Å². The molecule has 0 saturated heterocycles. The Labute approximate surface area is 146 Å². The van der Waals surface area contributed by atoms with Gasteiger partial charge in [-0.05, 0) is 56.4 Å². The molecule has 138 valence electrons. The molecule has 2 N–H and O–H groups in total. The molecule has 4 heteroatoms. The van der Waals surface area contributed by atoms with E-state index in [4.69, 9.17) is 5.26 Å². The van der Waals surface area contributed by atoms with Crippen molar-refractivity contribution < 1.29 is 20.0 Å². The molecule has 0 unspecified atom stereocenters. The zero-order valence-electron chi connectivity index (χ0n) is 15.1. The van der Waals surface area contributed by atoms with Gasteiger partial charge >= 0.3 is 5.97 Å². The minimum atomic E-state index is -0.650. The van der Waals surface area contributed by atoms with Gasteiger partial charge in [0, 0.05) is 12.8 Å². The minimum absolute atomic E-state index is 0.126. The highest BCUT2D eigenvalue weighted by molar-refractivity contribution is 5.68. The number of rotatable bonds is 12.